The van der Waals surface area contributed by atoms with Crippen LogP contribution in [-0.2, 0) is 4.79 Å². The van der Waals surface area contributed by atoms with Crippen LogP contribution < -0.4 is 5.32 Å². The Bertz CT molecular complexity index is 126. The second-order valence-electron chi connectivity index (χ2n) is 2.95. The molecule has 1 atom stereocenters. The summed E-state index contributed by atoms with van der Waals surface area (Å²) in [6, 6.07) is 0. The molecule has 12 heavy (non-hydrogen) atoms. The summed E-state index contributed by atoms with van der Waals surface area (Å²) in [6.45, 7) is 3.93. The highest BCUT2D eigenvalue weighted by molar-refractivity contribution is 5.75. The minimum atomic E-state index is -0.667. The van der Waals surface area contributed by atoms with Crippen LogP contribution in [0, 0.1) is 0 Å². The number of nitrogens with one attached hydrogen (secondary N) is 1. The normalized spacial score (nSPS) is 12.6. The molecule has 3 heteroatoms. The first-order chi connectivity index (χ1) is 5.70. The molecule has 72 valence electrons. The number of carbonyl (C=O) groups excluding carboxylic acids is 1. The molecule has 0 aromatic heterocycles. The van der Waals surface area contributed by atoms with Crippen LogP contribution in [0.4, 0.5) is 0 Å². The van der Waals surface area contributed by atoms with Gasteiger partial charge in [0.05, 0.1) is 0 Å². The fourth-order valence-corrected chi connectivity index (χ4v) is 0.896. The van der Waals surface area contributed by atoms with Gasteiger partial charge in [0.2, 0.25) is 5.91 Å². The second-order valence-corrected chi connectivity index (χ2v) is 2.95. The number of aliphatic hydroxyl groups excluding tert-OH is 1. The topological polar surface area (TPSA) is 49.3 Å². The number of aliphatic hydroxyl groups is 1. The van der Waals surface area contributed by atoms with E-state index in [2.05, 4.69) is 12.2 Å². The van der Waals surface area contributed by atoms with Crippen LogP contribution >= 0.6 is 0 Å². The highest BCUT2D eigenvalue weighted by Crippen LogP contribution is 1.98. The van der Waals surface area contributed by atoms with Gasteiger partial charge in [0.1, 0.15) is 6.23 Å². The van der Waals surface area contributed by atoms with Crippen LogP contribution in [0.1, 0.15) is 46.0 Å². The summed E-state index contributed by atoms with van der Waals surface area (Å²) >= 11 is 0. The van der Waals surface area contributed by atoms with Gasteiger partial charge in [0.25, 0.3) is 0 Å². The van der Waals surface area contributed by atoms with Crippen molar-refractivity contribution < 1.29 is 9.90 Å². The van der Waals surface area contributed by atoms with Crippen molar-refractivity contribution >= 4 is 5.91 Å². The summed E-state index contributed by atoms with van der Waals surface area (Å²) in [7, 11) is 0. The lowest BCUT2D eigenvalue weighted by atomic mass is 10.2. The van der Waals surface area contributed by atoms with Crippen molar-refractivity contribution in [3.05, 3.63) is 0 Å². The minimum Gasteiger partial charge on any atom is -0.374 e. The van der Waals surface area contributed by atoms with E-state index in [1.165, 1.54) is 0 Å². The molecule has 0 fully saturated rings. The van der Waals surface area contributed by atoms with Gasteiger partial charge in [-0.2, -0.15) is 0 Å². The van der Waals surface area contributed by atoms with E-state index in [-0.39, 0.29) is 5.91 Å². The van der Waals surface area contributed by atoms with Crippen molar-refractivity contribution in [1.29, 1.82) is 0 Å². The SMILES string of the molecule is CCCCCC(=O)NC(O)CC. The van der Waals surface area contributed by atoms with Crippen LogP contribution in [0.15, 0.2) is 0 Å². The van der Waals surface area contributed by atoms with E-state index in [9.17, 15) is 4.79 Å². The Kier molecular flexibility index (Phi) is 6.76. The highest BCUT2D eigenvalue weighted by atomic mass is 16.3. The predicted molar refractivity (Wildman–Crippen MR) is 48.6 cm³/mol. The number of hydrogen-bond donors (Lipinski definition) is 2. The van der Waals surface area contributed by atoms with Crippen LogP contribution in [-0.4, -0.2) is 17.2 Å². The Hall–Kier alpha value is -0.570. The number of hydrogen-bond acceptors (Lipinski definition) is 2. The first-order valence-electron chi connectivity index (χ1n) is 4.68. The standard InChI is InChI=1S/C9H19NO2/c1-3-5-6-7-9(12)10-8(11)4-2/h8,11H,3-7H2,1-2H3,(H,10,12). The molecule has 1 amide bonds. The van der Waals surface area contributed by atoms with Gasteiger partial charge in [-0.05, 0) is 12.8 Å². The summed E-state index contributed by atoms with van der Waals surface area (Å²) in [5.41, 5.74) is 0. The molecule has 0 aromatic rings. The van der Waals surface area contributed by atoms with Crippen molar-refractivity contribution in [3.63, 3.8) is 0 Å². The Morgan fingerprint density at radius 3 is 2.58 bits per heavy atom. The maximum Gasteiger partial charge on any atom is 0.221 e. The zero-order chi connectivity index (χ0) is 9.40. The molecular formula is C9H19NO2. The number of unbranched alkanes of at least 4 members (excludes halogenated alkanes) is 2. The molecule has 0 aliphatic rings. The third-order valence-corrected chi connectivity index (χ3v) is 1.72. The lowest BCUT2D eigenvalue weighted by Crippen LogP contribution is -2.33. The van der Waals surface area contributed by atoms with E-state index in [1.54, 1.807) is 0 Å². The van der Waals surface area contributed by atoms with Gasteiger partial charge in [-0.3, -0.25) is 4.79 Å². The van der Waals surface area contributed by atoms with E-state index in [4.69, 9.17) is 5.11 Å². The van der Waals surface area contributed by atoms with Gasteiger partial charge in [-0.15, -0.1) is 0 Å². The maximum absolute atomic E-state index is 11.0. The minimum absolute atomic E-state index is 0.0437. The highest BCUT2D eigenvalue weighted by Gasteiger charge is 2.04. The van der Waals surface area contributed by atoms with Gasteiger partial charge >= 0.3 is 0 Å². The molecule has 0 saturated heterocycles. The summed E-state index contributed by atoms with van der Waals surface area (Å²) in [6.07, 6.45) is 3.54. The van der Waals surface area contributed by atoms with Crippen molar-refractivity contribution in [1.82, 2.24) is 5.32 Å². The number of amides is 1. The van der Waals surface area contributed by atoms with Crippen molar-refractivity contribution in [2.45, 2.75) is 52.2 Å². The second kappa shape index (κ2) is 7.10. The van der Waals surface area contributed by atoms with Gasteiger partial charge in [0, 0.05) is 6.42 Å². The zero-order valence-corrected chi connectivity index (χ0v) is 7.97. The predicted octanol–water partition coefficient (Wildman–Crippen LogP) is 1.41. The molecule has 0 bridgehead atoms. The third kappa shape index (κ3) is 6.16. The average Bonchev–Trinajstić information content (AvgIpc) is 2.05. The molecule has 2 N–H and O–H groups in total. The van der Waals surface area contributed by atoms with Crippen LogP contribution in [0.25, 0.3) is 0 Å². The van der Waals surface area contributed by atoms with Crippen LogP contribution in [0.3, 0.4) is 0 Å². The lowest BCUT2D eigenvalue weighted by Gasteiger charge is -2.09. The zero-order valence-electron chi connectivity index (χ0n) is 7.97. The average molecular weight is 173 g/mol. The fourth-order valence-electron chi connectivity index (χ4n) is 0.896. The Morgan fingerprint density at radius 1 is 1.42 bits per heavy atom. The van der Waals surface area contributed by atoms with E-state index in [0.717, 1.165) is 19.3 Å². The summed E-state index contributed by atoms with van der Waals surface area (Å²) in [5.74, 6) is -0.0437. The van der Waals surface area contributed by atoms with Crippen molar-refractivity contribution in [2.24, 2.45) is 0 Å². The smallest absolute Gasteiger partial charge is 0.221 e. The van der Waals surface area contributed by atoms with Crippen LogP contribution in [0.5, 0.6) is 0 Å². The Morgan fingerprint density at radius 2 is 2.08 bits per heavy atom. The molecule has 0 heterocycles. The van der Waals surface area contributed by atoms with Gasteiger partial charge in [0.15, 0.2) is 0 Å². The maximum atomic E-state index is 11.0. The molecule has 3 nitrogen and oxygen atoms in total. The first kappa shape index (κ1) is 11.4. The monoisotopic (exact) mass is 173 g/mol. The van der Waals surface area contributed by atoms with E-state index in [1.807, 2.05) is 6.92 Å². The van der Waals surface area contributed by atoms with Gasteiger partial charge in [-0.1, -0.05) is 26.7 Å². The Labute approximate surface area is 74.2 Å². The van der Waals surface area contributed by atoms with Crippen molar-refractivity contribution in [2.75, 3.05) is 0 Å². The summed E-state index contributed by atoms with van der Waals surface area (Å²) in [4.78, 5) is 11.0. The van der Waals surface area contributed by atoms with Gasteiger partial charge < -0.3 is 10.4 Å². The molecule has 0 saturated carbocycles. The quantitative estimate of drug-likeness (QED) is 0.471. The van der Waals surface area contributed by atoms with E-state index in [0.29, 0.717) is 12.8 Å². The van der Waals surface area contributed by atoms with Crippen molar-refractivity contribution in [3.8, 4) is 0 Å². The summed E-state index contributed by atoms with van der Waals surface area (Å²) in [5, 5.41) is 11.6. The van der Waals surface area contributed by atoms with Crippen LogP contribution in [0.2, 0.25) is 0 Å². The largest absolute Gasteiger partial charge is 0.374 e. The van der Waals surface area contributed by atoms with Gasteiger partial charge in [-0.25, -0.2) is 0 Å². The molecule has 0 spiro atoms. The molecule has 1 unspecified atom stereocenters. The first-order valence-corrected chi connectivity index (χ1v) is 4.68. The van der Waals surface area contributed by atoms with E-state index < -0.39 is 6.23 Å². The van der Waals surface area contributed by atoms with E-state index >= 15 is 0 Å². The number of rotatable bonds is 6. The lowest BCUT2D eigenvalue weighted by molar-refractivity contribution is -0.124. The third-order valence-electron chi connectivity index (χ3n) is 1.72. The molecule has 0 radical (unpaired) electrons. The molecule has 0 aliphatic heterocycles. The molecule has 0 aliphatic carbocycles. The molecule has 0 rings (SSSR count). The molecule has 0 aromatic carbocycles. The number of carbonyl (C=O) groups is 1. The molecular weight excluding hydrogens is 154 g/mol. The fraction of sp³-hybridized carbons (Fsp3) is 0.889. The summed E-state index contributed by atoms with van der Waals surface area (Å²) < 4.78 is 0. The Balaban J connectivity index is 3.33.